The fourth-order valence-corrected chi connectivity index (χ4v) is 3.61. The summed E-state index contributed by atoms with van der Waals surface area (Å²) in [7, 11) is 0. The SMILES string of the molecule is Cc1ccc(C2=C(O)C(=O)N(Cc3ccccc3)[C@H]2c2ccccc2)cc1. The number of aliphatic hydroxyl groups is 1. The topological polar surface area (TPSA) is 40.5 Å². The van der Waals surface area contributed by atoms with Crippen LogP contribution in [0.2, 0.25) is 0 Å². The van der Waals surface area contributed by atoms with Crippen LogP contribution in [0.5, 0.6) is 0 Å². The maximum Gasteiger partial charge on any atom is 0.290 e. The number of rotatable bonds is 4. The monoisotopic (exact) mass is 355 g/mol. The van der Waals surface area contributed by atoms with Crippen molar-refractivity contribution < 1.29 is 9.90 Å². The first kappa shape index (κ1) is 17.1. The summed E-state index contributed by atoms with van der Waals surface area (Å²) >= 11 is 0. The number of hydrogen-bond donors (Lipinski definition) is 1. The Balaban J connectivity index is 1.81. The highest BCUT2D eigenvalue weighted by Gasteiger charge is 2.40. The summed E-state index contributed by atoms with van der Waals surface area (Å²) < 4.78 is 0. The second kappa shape index (κ2) is 7.12. The van der Waals surface area contributed by atoms with E-state index in [-0.39, 0.29) is 17.7 Å². The number of nitrogens with zero attached hydrogens (tertiary/aromatic N) is 1. The van der Waals surface area contributed by atoms with Crippen LogP contribution in [0.3, 0.4) is 0 Å². The minimum Gasteiger partial charge on any atom is -0.503 e. The van der Waals surface area contributed by atoms with Gasteiger partial charge in [0.25, 0.3) is 5.91 Å². The normalized spacial score (nSPS) is 16.9. The molecule has 1 aliphatic rings. The zero-order valence-corrected chi connectivity index (χ0v) is 15.2. The zero-order chi connectivity index (χ0) is 18.8. The summed E-state index contributed by atoms with van der Waals surface area (Å²) in [5.41, 5.74) is 4.70. The van der Waals surface area contributed by atoms with Gasteiger partial charge in [-0.2, -0.15) is 0 Å². The molecule has 1 amide bonds. The smallest absolute Gasteiger partial charge is 0.290 e. The molecule has 0 radical (unpaired) electrons. The van der Waals surface area contributed by atoms with Gasteiger partial charge in [0.1, 0.15) is 0 Å². The van der Waals surface area contributed by atoms with Crippen LogP contribution in [0.25, 0.3) is 5.57 Å². The van der Waals surface area contributed by atoms with Crippen molar-refractivity contribution in [2.24, 2.45) is 0 Å². The maximum absolute atomic E-state index is 13.0. The van der Waals surface area contributed by atoms with Crippen LogP contribution in [-0.2, 0) is 11.3 Å². The van der Waals surface area contributed by atoms with Gasteiger partial charge in [0.15, 0.2) is 5.76 Å². The summed E-state index contributed by atoms with van der Waals surface area (Å²) in [4.78, 5) is 14.7. The number of amides is 1. The van der Waals surface area contributed by atoms with Crippen LogP contribution >= 0.6 is 0 Å². The largest absolute Gasteiger partial charge is 0.503 e. The number of aryl methyl sites for hydroxylation is 1. The molecule has 0 saturated carbocycles. The number of aliphatic hydroxyl groups excluding tert-OH is 1. The van der Waals surface area contributed by atoms with E-state index in [1.807, 2.05) is 91.9 Å². The van der Waals surface area contributed by atoms with E-state index >= 15 is 0 Å². The lowest BCUT2D eigenvalue weighted by Gasteiger charge is -2.27. The first-order chi connectivity index (χ1) is 13.1. The predicted octanol–water partition coefficient (Wildman–Crippen LogP) is 5.05. The zero-order valence-electron chi connectivity index (χ0n) is 15.2. The van der Waals surface area contributed by atoms with Crippen LogP contribution in [0.4, 0.5) is 0 Å². The molecule has 0 aliphatic carbocycles. The lowest BCUT2D eigenvalue weighted by atomic mass is 9.93. The molecule has 1 heterocycles. The van der Waals surface area contributed by atoms with Crippen molar-refractivity contribution >= 4 is 11.5 Å². The Morgan fingerprint density at radius 2 is 1.44 bits per heavy atom. The molecule has 4 rings (SSSR count). The van der Waals surface area contributed by atoms with Crippen LogP contribution in [0.1, 0.15) is 28.3 Å². The molecular weight excluding hydrogens is 334 g/mol. The van der Waals surface area contributed by atoms with E-state index in [1.54, 1.807) is 4.90 Å². The Morgan fingerprint density at radius 1 is 0.852 bits per heavy atom. The molecule has 1 atom stereocenters. The highest BCUT2D eigenvalue weighted by atomic mass is 16.3. The van der Waals surface area contributed by atoms with Crippen molar-refractivity contribution in [1.82, 2.24) is 4.90 Å². The molecule has 3 heteroatoms. The van der Waals surface area contributed by atoms with Crippen LogP contribution in [0, 0.1) is 6.92 Å². The van der Waals surface area contributed by atoms with Gasteiger partial charge in [-0.05, 0) is 23.6 Å². The van der Waals surface area contributed by atoms with Crippen LogP contribution in [-0.4, -0.2) is 15.9 Å². The number of hydrogen-bond acceptors (Lipinski definition) is 2. The summed E-state index contributed by atoms with van der Waals surface area (Å²) in [6.07, 6.45) is 0. The van der Waals surface area contributed by atoms with Crippen molar-refractivity contribution in [1.29, 1.82) is 0 Å². The lowest BCUT2D eigenvalue weighted by Crippen LogP contribution is -2.29. The Bertz CT molecular complexity index is 976. The third-order valence-electron chi connectivity index (χ3n) is 4.98. The second-order valence-corrected chi connectivity index (χ2v) is 6.86. The van der Waals surface area contributed by atoms with Gasteiger partial charge in [-0.1, -0.05) is 90.5 Å². The molecule has 0 bridgehead atoms. The van der Waals surface area contributed by atoms with Crippen molar-refractivity contribution in [3.05, 3.63) is 113 Å². The Kier molecular flexibility index (Phi) is 4.51. The van der Waals surface area contributed by atoms with Gasteiger partial charge in [0, 0.05) is 12.1 Å². The molecule has 3 nitrogen and oxygen atoms in total. The average Bonchev–Trinajstić information content (AvgIpc) is 2.95. The molecule has 0 saturated heterocycles. The van der Waals surface area contributed by atoms with Crippen molar-refractivity contribution in [2.45, 2.75) is 19.5 Å². The minimum absolute atomic E-state index is 0.163. The van der Waals surface area contributed by atoms with E-state index in [1.165, 1.54) is 0 Å². The fourth-order valence-electron chi connectivity index (χ4n) is 3.61. The molecule has 3 aromatic carbocycles. The van der Waals surface area contributed by atoms with E-state index in [0.717, 1.165) is 22.3 Å². The summed E-state index contributed by atoms with van der Waals surface area (Å²) in [6.45, 7) is 2.47. The molecule has 3 aromatic rings. The average molecular weight is 355 g/mol. The quantitative estimate of drug-likeness (QED) is 0.711. The number of carbonyl (C=O) groups is 1. The molecule has 0 fully saturated rings. The van der Waals surface area contributed by atoms with E-state index in [4.69, 9.17) is 0 Å². The van der Waals surface area contributed by atoms with Gasteiger partial charge in [-0.25, -0.2) is 0 Å². The van der Waals surface area contributed by atoms with Gasteiger partial charge in [0.05, 0.1) is 6.04 Å². The van der Waals surface area contributed by atoms with E-state index in [2.05, 4.69) is 0 Å². The number of carbonyl (C=O) groups excluding carboxylic acids is 1. The number of benzene rings is 3. The molecule has 27 heavy (non-hydrogen) atoms. The van der Waals surface area contributed by atoms with Gasteiger partial charge in [-0.3, -0.25) is 4.79 Å². The molecule has 134 valence electrons. The fraction of sp³-hybridized carbons (Fsp3) is 0.125. The first-order valence-corrected chi connectivity index (χ1v) is 9.05. The Labute approximate surface area is 159 Å². The summed E-state index contributed by atoms with van der Waals surface area (Å²) in [6, 6.07) is 27.4. The summed E-state index contributed by atoms with van der Waals surface area (Å²) in [5, 5.41) is 10.7. The first-order valence-electron chi connectivity index (χ1n) is 9.05. The van der Waals surface area contributed by atoms with Gasteiger partial charge < -0.3 is 10.0 Å². The van der Waals surface area contributed by atoms with E-state index in [0.29, 0.717) is 12.1 Å². The van der Waals surface area contributed by atoms with Gasteiger partial charge in [-0.15, -0.1) is 0 Å². The Morgan fingerprint density at radius 3 is 2.07 bits per heavy atom. The third-order valence-corrected chi connectivity index (χ3v) is 4.98. The lowest BCUT2D eigenvalue weighted by molar-refractivity contribution is -0.130. The standard InChI is InChI=1S/C24H21NO2/c1-17-12-14-19(15-13-17)21-22(20-10-6-3-7-11-20)25(24(27)23(21)26)16-18-8-4-2-5-9-18/h2-15,22,26H,16H2,1H3/t22-/m0/s1. The molecule has 1 aliphatic heterocycles. The van der Waals surface area contributed by atoms with E-state index in [9.17, 15) is 9.90 Å². The minimum atomic E-state index is -0.330. The van der Waals surface area contributed by atoms with Gasteiger partial charge >= 0.3 is 0 Å². The highest BCUT2D eigenvalue weighted by molar-refractivity contribution is 6.05. The molecule has 0 unspecified atom stereocenters. The molecule has 1 N–H and O–H groups in total. The maximum atomic E-state index is 13.0. The van der Waals surface area contributed by atoms with E-state index < -0.39 is 0 Å². The van der Waals surface area contributed by atoms with Crippen LogP contribution < -0.4 is 0 Å². The van der Waals surface area contributed by atoms with Crippen molar-refractivity contribution in [3.8, 4) is 0 Å². The van der Waals surface area contributed by atoms with Crippen molar-refractivity contribution in [3.63, 3.8) is 0 Å². The van der Waals surface area contributed by atoms with Gasteiger partial charge in [0.2, 0.25) is 0 Å². The highest BCUT2D eigenvalue weighted by Crippen LogP contribution is 2.43. The predicted molar refractivity (Wildman–Crippen MR) is 107 cm³/mol. The molecule has 0 aromatic heterocycles. The third kappa shape index (κ3) is 3.24. The van der Waals surface area contributed by atoms with Crippen LogP contribution in [0.15, 0.2) is 90.7 Å². The van der Waals surface area contributed by atoms with Crippen molar-refractivity contribution in [2.75, 3.05) is 0 Å². The Hall–Kier alpha value is -3.33. The molecular formula is C24H21NO2. The second-order valence-electron chi connectivity index (χ2n) is 6.86. The molecule has 0 spiro atoms. The summed E-state index contributed by atoms with van der Waals surface area (Å²) in [5.74, 6) is -0.494.